The van der Waals surface area contributed by atoms with E-state index in [9.17, 15) is 31.1 Å². The van der Waals surface area contributed by atoms with Crippen LogP contribution in [0, 0.1) is 11.7 Å². The minimum atomic E-state index is -4.77. The molecule has 0 unspecified atom stereocenters. The average Bonchev–Trinajstić information content (AvgIpc) is 2.45. The Morgan fingerprint density at radius 3 is 2.57 bits per heavy atom. The summed E-state index contributed by atoms with van der Waals surface area (Å²) in [7, 11) is -4.47. The summed E-state index contributed by atoms with van der Waals surface area (Å²) in [5.41, 5.74) is -1.23. The van der Waals surface area contributed by atoms with Crippen LogP contribution in [0.4, 0.5) is 17.6 Å². The number of aliphatic hydroxyl groups excluding tert-OH is 1. The first-order valence-corrected chi connectivity index (χ1v) is 8.52. The molecule has 0 saturated carbocycles. The van der Waals surface area contributed by atoms with Crippen LogP contribution in [0.15, 0.2) is 23.1 Å². The lowest BCUT2D eigenvalue weighted by Crippen LogP contribution is -2.49. The van der Waals surface area contributed by atoms with Gasteiger partial charge in [-0.25, -0.2) is 12.8 Å². The monoisotopic (exact) mass is 355 g/mol. The van der Waals surface area contributed by atoms with E-state index in [4.69, 9.17) is 0 Å². The first kappa shape index (κ1) is 18.2. The molecule has 23 heavy (non-hydrogen) atoms. The average molecular weight is 355 g/mol. The molecule has 9 heteroatoms. The van der Waals surface area contributed by atoms with E-state index in [0.29, 0.717) is 31.0 Å². The van der Waals surface area contributed by atoms with Gasteiger partial charge in [0.15, 0.2) is 0 Å². The number of benzene rings is 1. The number of rotatable bonds is 3. The van der Waals surface area contributed by atoms with Crippen LogP contribution < -0.4 is 0 Å². The van der Waals surface area contributed by atoms with Gasteiger partial charge in [-0.15, -0.1) is 0 Å². The van der Waals surface area contributed by atoms with Crippen molar-refractivity contribution in [1.82, 2.24) is 4.31 Å². The highest BCUT2D eigenvalue weighted by Crippen LogP contribution is 2.34. The lowest BCUT2D eigenvalue weighted by Gasteiger charge is -2.38. The third-order valence-corrected chi connectivity index (χ3v) is 6.04. The zero-order chi connectivity index (χ0) is 17.4. The smallest absolute Gasteiger partial charge is 0.395 e. The number of aliphatic hydroxyl groups is 1. The Balaban J connectivity index is 2.51. The van der Waals surface area contributed by atoms with Gasteiger partial charge in [0.2, 0.25) is 10.0 Å². The Morgan fingerprint density at radius 1 is 1.35 bits per heavy atom. The highest BCUT2D eigenvalue weighted by atomic mass is 32.2. The van der Waals surface area contributed by atoms with Gasteiger partial charge in [0, 0.05) is 6.54 Å². The van der Waals surface area contributed by atoms with Crippen LogP contribution >= 0.6 is 0 Å². The maximum Gasteiger partial charge on any atom is 0.416 e. The van der Waals surface area contributed by atoms with Crippen LogP contribution in [0.2, 0.25) is 0 Å². The van der Waals surface area contributed by atoms with E-state index in [1.807, 2.05) is 0 Å². The van der Waals surface area contributed by atoms with Gasteiger partial charge in [-0.3, -0.25) is 0 Å². The van der Waals surface area contributed by atoms with Crippen molar-refractivity contribution in [2.24, 2.45) is 5.92 Å². The van der Waals surface area contributed by atoms with Crippen LogP contribution in [-0.4, -0.2) is 37.0 Å². The summed E-state index contributed by atoms with van der Waals surface area (Å²) in [5.74, 6) is -1.41. The summed E-state index contributed by atoms with van der Waals surface area (Å²) in [6.07, 6.45) is -3.59. The van der Waals surface area contributed by atoms with Gasteiger partial charge in [0.25, 0.3) is 0 Å². The first-order chi connectivity index (χ1) is 10.6. The van der Waals surface area contributed by atoms with Gasteiger partial charge in [-0.2, -0.15) is 17.5 Å². The molecule has 1 N–H and O–H groups in total. The summed E-state index contributed by atoms with van der Waals surface area (Å²) in [4.78, 5) is -1.01. The molecule has 0 aliphatic carbocycles. The highest BCUT2D eigenvalue weighted by Gasteiger charge is 2.39. The van der Waals surface area contributed by atoms with Crippen LogP contribution in [0.5, 0.6) is 0 Å². The number of nitrogens with zero attached hydrogens (tertiary/aromatic N) is 1. The van der Waals surface area contributed by atoms with Crippen LogP contribution in [0.25, 0.3) is 0 Å². The molecule has 4 nitrogen and oxygen atoms in total. The largest absolute Gasteiger partial charge is 0.416 e. The molecule has 130 valence electrons. The van der Waals surface area contributed by atoms with Gasteiger partial charge in [0.1, 0.15) is 10.7 Å². The zero-order valence-corrected chi connectivity index (χ0v) is 13.2. The number of hydrogen-bond acceptors (Lipinski definition) is 3. The fraction of sp³-hybridized carbons (Fsp3) is 0.571. The quantitative estimate of drug-likeness (QED) is 0.848. The van der Waals surface area contributed by atoms with Crippen molar-refractivity contribution in [3.8, 4) is 0 Å². The third kappa shape index (κ3) is 3.51. The number of hydrogen-bond donors (Lipinski definition) is 1. The van der Waals surface area contributed by atoms with Gasteiger partial charge in [0.05, 0.1) is 18.2 Å². The lowest BCUT2D eigenvalue weighted by atomic mass is 9.93. The second-order valence-corrected chi connectivity index (χ2v) is 7.49. The molecule has 0 amide bonds. The SMILES string of the molecule is C[C@@H]1CCCN(S(=O)(=O)c2cc(C(F)(F)F)ccc2F)[C@@H]1CO. The van der Waals surface area contributed by atoms with E-state index in [0.717, 1.165) is 4.31 Å². The lowest BCUT2D eigenvalue weighted by molar-refractivity contribution is -0.137. The molecule has 1 fully saturated rings. The van der Waals surface area contributed by atoms with E-state index in [-0.39, 0.29) is 12.5 Å². The Morgan fingerprint density at radius 2 is 2.00 bits per heavy atom. The summed E-state index contributed by atoms with van der Waals surface area (Å²) in [6.45, 7) is 1.31. The fourth-order valence-electron chi connectivity index (χ4n) is 2.78. The molecule has 2 rings (SSSR count). The molecule has 0 spiro atoms. The van der Waals surface area contributed by atoms with Gasteiger partial charge in [-0.1, -0.05) is 6.92 Å². The molecule has 1 aliphatic heterocycles. The fourth-order valence-corrected chi connectivity index (χ4v) is 4.63. The Bertz CT molecular complexity index is 675. The second kappa shape index (κ2) is 6.37. The number of sulfonamides is 1. The standard InChI is InChI=1S/C14H17F4NO3S/c1-9-3-2-6-19(12(9)8-20)23(21,22)13-7-10(14(16,17)18)4-5-11(13)15/h4-5,7,9,12,20H,2-3,6,8H2,1H3/t9-,12-/m1/s1. The van der Waals surface area contributed by atoms with E-state index in [1.165, 1.54) is 0 Å². The molecule has 1 aromatic rings. The van der Waals surface area contributed by atoms with Crippen molar-refractivity contribution in [1.29, 1.82) is 0 Å². The maximum atomic E-state index is 13.9. The van der Waals surface area contributed by atoms with Crippen molar-refractivity contribution in [3.63, 3.8) is 0 Å². The van der Waals surface area contributed by atoms with Crippen molar-refractivity contribution < 1.29 is 31.1 Å². The summed E-state index contributed by atoms with van der Waals surface area (Å²) >= 11 is 0. The minimum absolute atomic E-state index is 0.0353. The Labute approximate surface area is 131 Å². The van der Waals surface area contributed by atoms with Crippen LogP contribution in [0.1, 0.15) is 25.3 Å². The molecule has 1 aromatic carbocycles. The predicted molar refractivity (Wildman–Crippen MR) is 74.6 cm³/mol. The van der Waals surface area contributed by atoms with Gasteiger partial charge in [-0.05, 0) is 37.0 Å². The molecule has 1 saturated heterocycles. The second-order valence-electron chi connectivity index (χ2n) is 5.63. The zero-order valence-electron chi connectivity index (χ0n) is 12.3. The predicted octanol–water partition coefficient (Wildman–Crippen LogP) is 2.63. The Hall–Kier alpha value is -1.19. The van der Waals surface area contributed by atoms with Crippen LogP contribution in [0.3, 0.4) is 0 Å². The summed E-state index contributed by atoms with van der Waals surface area (Å²) in [5, 5.41) is 9.42. The van der Waals surface area contributed by atoms with Crippen molar-refractivity contribution in [3.05, 3.63) is 29.6 Å². The van der Waals surface area contributed by atoms with Gasteiger partial charge < -0.3 is 5.11 Å². The highest BCUT2D eigenvalue weighted by molar-refractivity contribution is 7.89. The van der Waals surface area contributed by atoms with Crippen molar-refractivity contribution in [2.45, 2.75) is 36.9 Å². The number of piperidine rings is 1. The molecule has 0 radical (unpaired) electrons. The van der Waals surface area contributed by atoms with E-state index in [2.05, 4.69) is 0 Å². The molecule has 1 aliphatic rings. The van der Waals surface area contributed by atoms with E-state index >= 15 is 0 Å². The first-order valence-electron chi connectivity index (χ1n) is 7.08. The molecule has 1 heterocycles. The molecular weight excluding hydrogens is 338 g/mol. The summed E-state index contributed by atoms with van der Waals surface area (Å²) in [6, 6.07) is 0.522. The summed E-state index contributed by atoms with van der Waals surface area (Å²) < 4.78 is 78.3. The molecule has 2 atom stereocenters. The van der Waals surface area contributed by atoms with E-state index < -0.39 is 45.1 Å². The van der Waals surface area contributed by atoms with Crippen LogP contribution in [-0.2, 0) is 16.2 Å². The number of halogens is 4. The van der Waals surface area contributed by atoms with E-state index in [1.54, 1.807) is 6.92 Å². The molecule has 0 bridgehead atoms. The van der Waals surface area contributed by atoms with Crippen molar-refractivity contribution in [2.75, 3.05) is 13.2 Å². The third-order valence-electron chi connectivity index (χ3n) is 4.10. The molecule has 0 aromatic heterocycles. The Kier molecular flexibility index (Phi) is 5.03. The molecular formula is C14H17F4NO3S. The topological polar surface area (TPSA) is 57.6 Å². The normalized spacial score (nSPS) is 23.9. The number of alkyl halides is 3. The maximum absolute atomic E-state index is 13.9. The van der Waals surface area contributed by atoms with Gasteiger partial charge >= 0.3 is 6.18 Å². The minimum Gasteiger partial charge on any atom is -0.395 e. The van der Waals surface area contributed by atoms with Crippen molar-refractivity contribution >= 4 is 10.0 Å².